The number of thiophene rings is 1. The van der Waals surface area contributed by atoms with E-state index in [0.29, 0.717) is 39.2 Å². The van der Waals surface area contributed by atoms with E-state index in [-0.39, 0.29) is 12.0 Å². The Morgan fingerprint density at radius 3 is 2.57 bits per heavy atom. The van der Waals surface area contributed by atoms with E-state index in [1.54, 1.807) is 16.2 Å². The van der Waals surface area contributed by atoms with Gasteiger partial charge in [-0.3, -0.25) is 4.79 Å². The quantitative estimate of drug-likeness (QED) is 0.785. The first-order valence-corrected chi connectivity index (χ1v) is 8.30. The van der Waals surface area contributed by atoms with Gasteiger partial charge in [-0.25, -0.2) is 4.79 Å². The molecule has 2 amide bonds. The second-order valence-electron chi connectivity index (χ2n) is 5.09. The van der Waals surface area contributed by atoms with E-state index in [1.165, 1.54) is 0 Å². The van der Waals surface area contributed by atoms with Gasteiger partial charge >= 0.3 is 6.09 Å². The lowest BCUT2D eigenvalue weighted by molar-refractivity contribution is -0.132. The van der Waals surface area contributed by atoms with Crippen LogP contribution in [-0.4, -0.2) is 54.6 Å². The summed E-state index contributed by atoms with van der Waals surface area (Å²) in [7, 11) is 0. The van der Waals surface area contributed by atoms with E-state index in [2.05, 4.69) is 6.92 Å². The van der Waals surface area contributed by atoms with Crippen molar-refractivity contribution >= 4 is 23.3 Å². The predicted molar refractivity (Wildman–Crippen MR) is 82.4 cm³/mol. The highest BCUT2D eigenvalue weighted by Crippen LogP contribution is 2.12. The minimum Gasteiger partial charge on any atom is -0.449 e. The van der Waals surface area contributed by atoms with E-state index in [0.717, 1.165) is 17.7 Å². The average molecular weight is 310 g/mol. The van der Waals surface area contributed by atoms with Crippen LogP contribution in [0.2, 0.25) is 0 Å². The summed E-state index contributed by atoms with van der Waals surface area (Å²) < 4.78 is 5.19. The van der Waals surface area contributed by atoms with Crippen LogP contribution in [0.3, 0.4) is 0 Å². The zero-order valence-corrected chi connectivity index (χ0v) is 13.2. The molecule has 1 aliphatic heterocycles. The van der Waals surface area contributed by atoms with E-state index in [4.69, 9.17) is 4.74 Å². The molecule has 1 saturated heterocycles. The summed E-state index contributed by atoms with van der Waals surface area (Å²) >= 11 is 1.60. The van der Waals surface area contributed by atoms with Crippen LogP contribution in [0.15, 0.2) is 17.5 Å². The van der Waals surface area contributed by atoms with Gasteiger partial charge in [-0.15, -0.1) is 11.3 Å². The van der Waals surface area contributed by atoms with Crippen molar-refractivity contribution in [3.63, 3.8) is 0 Å². The molecule has 0 aromatic carbocycles. The summed E-state index contributed by atoms with van der Waals surface area (Å²) in [5.74, 6) is 0.136. The van der Waals surface area contributed by atoms with Crippen molar-refractivity contribution in [2.45, 2.75) is 26.2 Å². The fourth-order valence-corrected chi connectivity index (χ4v) is 2.90. The van der Waals surface area contributed by atoms with Crippen molar-refractivity contribution in [3.05, 3.63) is 22.4 Å². The second-order valence-corrected chi connectivity index (χ2v) is 6.12. The predicted octanol–water partition coefficient (Wildman–Crippen LogP) is 2.37. The van der Waals surface area contributed by atoms with Crippen molar-refractivity contribution in [1.82, 2.24) is 9.80 Å². The van der Waals surface area contributed by atoms with Crippen molar-refractivity contribution < 1.29 is 14.3 Å². The molecule has 1 aliphatic rings. The number of carbonyl (C=O) groups is 2. The molecular formula is C15H22N2O3S. The van der Waals surface area contributed by atoms with Crippen molar-refractivity contribution in [1.29, 1.82) is 0 Å². The van der Waals surface area contributed by atoms with Gasteiger partial charge in [-0.2, -0.15) is 0 Å². The molecule has 0 aliphatic carbocycles. The Hall–Kier alpha value is -1.56. The van der Waals surface area contributed by atoms with Gasteiger partial charge in [-0.1, -0.05) is 19.4 Å². The molecule has 0 unspecified atom stereocenters. The van der Waals surface area contributed by atoms with Crippen molar-refractivity contribution in [3.8, 4) is 0 Å². The van der Waals surface area contributed by atoms with E-state index in [1.807, 2.05) is 22.4 Å². The molecule has 116 valence electrons. The Bertz CT molecular complexity index is 453. The fourth-order valence-electron chi connectivity index (χ4n) is 2.21. The fraction of sp³-hybridized carbons (Fsp3) is 0.600. The van der Waals surface area contributed by atoms with E-state index >= 15 is 0 Å². The maximum Gasteiger partial charge on any atom is 0.409 e. The van der Waals surface area contributed by atoms with Crippen LogP contribution in [-0.2, 0) is 16.0 Å². The van der Waals surface area contributed by atoms with Gasteiger partial charge < -0.3 is 14.5 Å². The molecule has 0 N–H and O–H groups in total. The van der Waals surface area contributed by atoms with Crippen LogP contribution < -0.4 is 0 Å². The summed E-state index contributed by atoms with van der Waals surface area (Å²) in [6.45, 7) is 4.83. The zero-order chi connectivity index (χ0) is 15.1. The molecule has 5 nitrogen and oxygen atoms in total. The number of nitrogens with zero attached hydrogens (tertiary/aromatic N) is 2. The third kappa shape index (κ3) is 4.74. The highest BCUT2D eigenvalue weighted by molar-refractivity contribution is 7.10. The standard InChI is InChI=1S/C15H22N2O3S/c1-2-3-10-20-15(19)17-8-6-16(7-9-17)14(18)12-13-5-4-11-21-13/h4-5,11H,2-3,6-10,12H2,1H3. The minimum atomic E-state index is -0.256. The maximum atomic E-state index is 12.2. The van der Waals surface area contributed by atoms with Gasteiger partial charge in [-0.05, 0) is 17.9 Å². The number of hydrogen-bond acceptors (Lipinski definition) is 4. The molecule has 0 radical (unpaired) electrons. The van der Waals surface area contributed by atoms with Crippen LogP contribution in [0, 0.1) is 0 Å². The summed E-state index contributed by atoms with van der Waals surface area (Å²) in [5.41, 5.74) is 0. The Kier molecular flexibility index (Phi) is 6.04. The molecule has 2 heterocycles. The average Bonchev–Trinajstić information content (AvgIpc) is 3.00. The summed E-state index contributed by atoms with van der Waals surface area (Å²) in [5, 5.41) is 1.98. The zero-order valence-electron chi connectivity index (χ0n) is 12.4. The molecule has 21 heavy (non-hydrogen) atoms. The highest BCUT2D eigenvalue weighted by atomic mass is 32.1. The van der Waals surface area contributed by atoms with Crippen molar-refractivity contribution in [2.24, 2.45) is 0 Å². The van der Waals surface area contributed by atoms with Crippen LogP contribution in [0.25, 0.3) is 0 Å². The molecule has 0 saturated carbocycles. The lowest BCUT2D eigenvalue weighted by atomic mass is 10.2. The summed E-state index contributed by atoms with van der Waals surface area (Å²) in [6, 6.07) is 3.93. The van der Waals surface area contributed by atoms with Gasteiger partial charge in [0.25, 0.3) is 0 Å². The smallest absolute Gasteiger partial charge is 0.409 e. The number of ether oxygens (including phenoxy) is 1. The summed E-state index contributed by atoms with van der Waals surface area (Å²) in [4.78, 5) is 28.6. The molecule has 2 rings (SSSR count). The highest BCUT2D eigenvalue weighted by Gasteiger charge is 2.24. The Balaban J connectivity index is 1.72. The van der Waals surface area contributed by atoms with Gasteiger partial charge in [0, 0.05) is 31.1 Å². The van der Waals surface area contributed by atoms with Gasteiger partial charge in [0.1, 0.15) is 0 Å². The number of piperazine rings is 1. The molecule has 1 aromatic rings. The summed E-state index contributed by atoms with van der Waals surface area (Å²) in [6.07, 6.45) is 2.11. The molecular weight excluding hydrogens is 288 g/mol. The SMILES string of the molecule is CCCCOC(=O)N1CCN(C(=O)Cc2cccs2)CC1. The monoisotopic (exact) mass is 310 g/mol. The largest absolute Gasteiger partial charge is 0.449 e. The Labute approximate surface area is 129 Å². The van der Waals surface area contributed by atoms with Crippen LogP contribution >= 0.6 is 11.3 Å². The number of unbranched alkanes of at least 4 members (excludes halogenated alkanes) is 1. The Morgan fingerprint density at radius 1 is 1.24 bits per heavy atom. The first kappa shape index (κ1) is 15.8. The maximum absolute atomic E-state index is 12.2. The number of carbonyl (C=O) groups excluding carboxylic acids is 2. The third-order valence-corrected chi connectivity index (χ3v) is 4.40. The molecule has 0 spiro atoms. The molecule has 1 aromatic heterocycles. The van der Waals surface area contributed by atoms with E-state index < -0.39 is 0 Å². The Morgan fingerprint density at radius 2 is 1.95 bits per heavy atom. The van der Waals surface area contributed by atoms with Gasteiger partial charge in [0.05, 0.1) is 13.0 Å². The third-order valence-electron chi connectivity index (χ3n) is 3.52. The normalized spacial score (nSPS) is 15.1. The number of amides is 2. The van der Waals surface area contributed by atoms with Crippen LogP contribution in [0.4, 0.5) is 4.79 Å². The van der Waals surface area contributed by atoms with Crippen molar-refractivity contribution in [2.75, 3.05) is 32.8 Å². The van der Waals surface area contributed by atoms with Gasteiger partial charge in [0.15, 0.2) is 0 Å². The lowest BCUT2D eigenvalue weighted by Crippen LogP contribution is -2.51. The lowest BCUT2D eigenvalue weighted by Gasteiger charge is -2.34. The first-order chi connectivity index (χ1) is 10.2. The molecule has 0 bridgehead atoms. The van der Waals surface area contributed by atoms with Gasteiger partial charge in [0.2, 0.25) is 5.91 Å². The van der Waals surface area contributed by atoms with E-state index in [9.17, 15) is 9.59 Å². The molecule has 0 atom stereocenters. The second kappa shape index (κ2) is 8.02. The molecule has 1 fully saturated rings. The molecule has 6 heteroatoms. The van der Waals surface area contributed by atoms with Crippen LogP contribution in [0.5, 0.6) is 0 Å². The number of hydrogen-bond donors (Lipinski definition) is 0. The van der Waals surface area contributed by atoms with Crippen LogP contribution in [0.1, 0.15) is 24.6 Å². The topological polar surface area (TPSA) is 49.9 Å². The minimum absolute atomic E-state index is 0.136. The number of rotatable bonds is 5. The first-order valence-electron chi connectivity index (χ1n) is 7.42.